The summed E-state index contributed by atoms with van der Waals surface area (Å²) < 4.78 is 34.3. The molecule has 1 fully saturated rings. The van der Waals surface area contributed by atoms with Crippen LogP contribution in [0.2, 0.25) is 0 Å². The number of carbonyl (C=O) groups is 2. The zero-order valence-electron chi connectivity index (χ0n) is 17.0. The second kappa shape index (κ2) is 9.54. The molecule has 0 radical (unpaired) electrons. The van der Waals surface area contributed by atoms with E-state index in [4.69, 9.17) is 9.47 Å². The van der Waals surface area contributed by atoms with Gasteiger partial charge in [-0.2, -0.15) is 0 Å². The van der Waals surface area contributed by atoms with Gasteiger partial charge in [-0.1, -0.05) is 34.1 Å². The Kier molecular flexibility index (Phi) is 7.63. The van der Waals surface area contributed by atoms with Crippen LogP contribution in [0, 0.1) is 17.8 Å². The lowest BCUT2D eigenvalue weighted by atomic mass is 9.75. The predicted molar refractivity (Wildman–Crippen MR) is 106 cm³/mol. The molecule has 6 nitrogen and oxygen atoms in total. The van der Waals surface area contributed by atoms with Crippen LogP contribution in [-0.2, 0) is 24.1 Å². The third-order valence-corrected chi connectivity index (χ3v) is 7.14. The molecule has 156 valence electrons. The highest BCUT2D eigenvalue weighted by molar-refractivity contribution is 7.91. The van der Waals surface area contributed by atoms with Crippen LogP contribution in [0.1, 0.15) is 57.3 Å². The maximum Gasteiger partial charge on any atom is 0.344 e. The fourth-order valence-electron chi connectivity index (χ4n) is 3.63. The van der Waals surface area contributed by atoms with Gasteiger partial charge >= 0.3 is 11.9 Å². The summed E-state index contributed by atoms with van der Waals surface area (Å²) in [5, 5.41) is 0. The maximum atomic E-state index is 12.2. The lowest BCUT2D eigenvalue weighted by molar-refractivity contribution is -0.159. The number of carbonyl (C=O) groups excluding carboxylic acids is 2. The van der Waals surface area contributed by atoms with Crippen LogP contribution in [0.5, 0.6) is 0 Å². The number of hydrogen-bond acceptors (Lipinski definition) is 6. The highest BCUT2D eigenvalue weighted by Gasteiger charge is 2.33. The molecule has 28 heavy (non-hydrogen) atoms. The minimum absolute atomic E-state index is 0.0141. The van der Waals surface area contributed by atoms with Crippen LogP contribution >= 0.6 is 0 Å². The SMILES string of the molecule is CCS(=O)(=O)c1ccc(C(=O)OCC(=O)OC2CC(C)CCC2C(C)C)cc1. The summed E-state index contributed by atoms with van der Waals surface area (Å²) >= 11 is 0. The number of sulfone groups is 1. The molecule has 1 saturated carbocycles. The Hall–Kier alpha value is -1.89. The molecule has 1 aromatic carbocycles. The lowest BCUT2D eigenvalue weighted by Gasteiger charge is -2.36. The number of rotatable bonds is 7. The first-order valence-corrected chi connectivity index (χ1v) is 11.5. The summed E-state index contributed by atoms with van der Waals surface area (Å²) in [6, 6.07) is 5.50. The van der Waals surface area contributed by atoms with Crippen molar-refractivity contribution in [2.75, 3.05) is 12.4 Å². The van der Waals surface area contributed by atoms with Gasteiger partial charge in [0.15, 0.2) is 16.4 Å². The third kappa shape index (κ3) is 5.80. The smallest absolute Gasteiger partial charge is 0.344 e. The molecular formula is C21H30O6S. The average molecular weight is 411 g/mol. The van der Waals surface area contributed by atoms with Crippen LogP contribution in [0.15, 0.2) is 29.2 Å². The molecule has 0 saturated heterocycles. The van der Waals surface area contributed by atoms with E-state index < -0.39 is 28.4 Å². The minimum atomic E-state index is -3.33. The Balaban J connectivity index is 1.90. The van der Waals surface area contributed by atoms with Crippen LogP contribution < -0.4 is 0 Å². The van der Waals surface area contributed by atoms with Crippen molar-refractivity contribution >= 4 is 21.8 Å². The number of esters is 2. The van der Waals surface area contributed by atoms with Crippen molar-refractivity contribution in [3.05, 3.63) is 29.8 Å². The molecule has 0 heterocycles. The number of hydrogen-bond donors (Lipinski definition) is 0. The molecule has 3 atom stereocenters. The standard InChI is InChI=1S/C21H30O6S/c1-5-28(24,25)17-9-7-16(8-10-17)21(23)26-13-20(22)27-19-12-15(4)6-11-18(19)14(2)3/h7-10,14-15,18-19H,5-6,11-13H2,1-4H3. The fourth-order valence-corrected chi connectivity index (χ4v) is 4.51. The molecule has 0 aliphatic heterocycles. The van der Waals surface area contributed by atoms with Gasteiger partial charge in [0.2, 0.25) is 0 Å². The summed E-state index contributed by atoms with van der Waals surface area (Å²) in [5.74, 6) is 0.000752. The highest BCUT2D eigenvalue weighted by atomic mass is 32.2. The lowest BCUT2D eigenvalue weighted by Crippen LogP contribution is -2.36. The fraction of sp³-hybridized carbons (Fsp3) is 0.619. The topological polar surface area (TPSA) is 86.7 Å². The largest absolute Gasteiger partial charge is 0.460 e. The quantitative estimate of drug-likeness (QED) is 0.638. The van der Waals surface area contributed by atoms with E-state index in [1.54, 1.807) is 6.92 Å². The van der Waals surface area contributed by atoms with E-state index in [9.17, 15) is 18.0 Å². The van der Waals surface area contributed by atoms with E-state index in [1.807, 2.05) is 0 Å². The van der Waals surface area contributed by atoms with Gasteiger partial charge in [0, 0.05) is 0 Å². The monoisotopic (exact) mass is 410 g/mol. The third-order valence-electron chi connectivity index (χ3n) is 5.39. The molecule has 2 rings (SSSR count). The zero-order valence-corrected chi connectivity index (χ0v) is 17.8. The first-order chi connectivity index (χ1) is 13.1. The summed E-state index contributed by atoms with van der Waals surface area (Å²) in [6.45, 7) is 7.51. The molecule has 0 spiro atoms. The first kappa shape index (κ1) is 22.4. The van der Waals surface area contributed by atoms with Crippen molar-refractivity contribution in [3.63, 3.8) is 0 Å². The molecular weight excluding hydrogens is 380 g/mol. The van der Waals surface area contributed by atoms with Crippen LogP contribution in [0.4, 0.5) is 0 Å². The van der Waals surface area contributed by atoms with E-state index in [1.165, 1.54) is 24.3 Å². The molecule has 0 aromatic heterocycles. The predicted octanol–water partition coefficient (Wildman–Crippen LogP) is 3.64. The van der Waals surface area contributed by atoms with Crippen LogP contribution in [-0.4, -0.2) is 38.8 Å². The van der Waals surface area contributed by atoms with Gasteiger partial charge in [0.1, 0.15) is 6.10 Å². The normalized spacial score (nSPS) is 22.7. The summed E-state index contributed by atoms with van der Waals surface area (Å²) in [6.07, 6.45) is 2.85. The van der Waals surface area contributed by atoms with Crippen LogP contribution in [0.25, 0.3) is 0 Å². The van der Waals surface area contributed by atoms with Crippen molar-refractivity contribution in [2.45, 2.75) is 58.0 Å². The average Bonchev–Trinajstić information content (AvgIpc) is 2.66. The number of benzene rings is 1. The molecule has 1 aromatic rings. The minimum Gasteiger partial charge on any atom is -0.460 e. The van der Waals surface area contributed by atoms with Gasteiger partial charge in [-0.05, 0) is 54.9 Å². The first-order valence-electron chi connectivity index (χ1n) is 9.83. The maximum absolute atomic E-state index is 12.2. The second-order valence-corrected chi connectivity index (χ2v) is 10.1. The second-order valence-electron chi connectivity index (χ2n) is 7.86. The summed E-state index contributed by atoms with van der Waals surface area (Å²) in [5.41, 5.74) is 0.189. The van der Waals surface area contributed by atoms with E-state index in [-0.39, 0.29) is 22.3 Å². The molecule has 1 aliphatic carbocycles. The molecule has 3 unspecified atom stereocenters. The Morgan fingerprint density at radius 1 is 1.14 bits per heavy atom. The Bertz CT molecular complexity index is 782. The van der Waals surface area contributed by atoms with Crippen molar-refractivity contribution < 1.29 is 27.5 Å². The van der Waals surface area contributed by atoms with Crippen LogP contribution in [0.3, 0.4) is 0 Å². The van der Waals surface area contributed by atoms with E-state index >= 15 is 0 Å². The molecule has 0 N–H and O–H groups in total. The Labute approximate surface area is 167 Å². The molecule has 0 amide bonds. The Morgan fingerprint density at radius 3 is 2.36 bits per heavy atom. The van der Waals surface area contributed by atoms with Gasteiger partial charge in [0.25, 0.3) is 0 Å². The Morgan fingerprint density at radius 2 is 1.79 bits per heavy atom. The van der Waals surface area contributed by atoms with Gasteiger partial charge in [-0.3, -0.25) is 0 Å². The van der Waals surface area contributed by atoms with Gasteiger partial charge in [-0.15, -0.1) is 0 Å². The summed E-state index contributed by atoms with van der Waals surface area (Å²) in [4.78, 5) is 24.4. The van der Waals surface area contributed by atoms with E-state index in [2.05, 4.69) is 20.8 Å². The van der Waals surface area contributed by atoms with Crippen molar-refractivity contribution in [1.82, 2.24) is 0 Å². The van der Waals surface area contributed by atoms with E-state index in [0.717, 1.165) is 19.3 Å². The van der Waals surface area contributed by atoms with Crippen molar-refractivity contribution in [2.24, 2.45) is 17.8 Å². The summed E-state index contributed by atoms with van der Waals surface area (Å²) in [7, 11) is -3.33. The number of ether oxygens (including phenoxy) is 2. The van der Waals surface area contributed by atoms with Crippen molar-refractivity contribution in [3.8, 4) is 0 Å². The zero-order chi connectivity index (χ0) is 20.9. The van der Waals surface area contributed by atoms with Gasteiger partial charge in [-0.25, -0.2) is 18.0 Å². The van der Waals surface area contributed by atoms with Gasteiger partial charge < -0.3 is 9.47 Å². The van der Waals surface area contributed by atoms with Crippen molar-refractivity contribution in [1.29, 1.82) is 0 Å². The molecule has 0 bridgehead atoms. The highest BCUT2D eigenvalue weighted by Crippen LogP contribution is 2.35. The molecule has 1 aliphatic rings. The van der Waals surface area contributed by atoms with E-state index in [0.29, 0.717) is 17.8 Å². The van der Waals surface area contributed by atoms with Gasteiger partial charge in [0.05, 0.1) is 16.2 Å². The molecule has 7 heteroatoms.